The van der Waals surface area contributed by atoms with Crippen molar-refractivity contribution >= 4 is 0 Å². The quantitative estimate of drug-likeness (QED) is 0.803. The topological polar surface area (TPSA) is 58.8 Å². The molecule has 0 aliphatic carbocycles. The van der Waals surface area contributed by atoms with E-state index in [1.54, 1.807) is 25.6 Å². The summed E-state index contributed by atoms with van der Waals surface area (Å²) in [5.41, 5.74) is 2.66. The third-order valence-corrected chi connectivity index (χ3v) is 2.40. The Morgan fingerprint density at radius 3 is 2.65 bits per heavy atom. The van der Waals surface area contributed by atoms with Gasteiger partial charge >= 0.3 is 0 Å². The van der Waals surface area contributed by atoms with Crippen LogP contribution in [0.25, 0.3) is 11.1 Å². The minimum Gasteiger partial charge on any atom is -0.481 e. The van der Waals surface area contributed by atoms with E-state index >= 15 is 0 Å². The normalized spacial score (nSPS) is 9.65. The van der Waals surface area contributed by atoms with E-state index in [1.165, 1.54) is 0 Å². The first-order valence-corrected chi connectivity index (χ1v) is 5.16. The molecule has 0 atom stereocenters. The molecule has 0 aromatic carbocycles. The highest BCUT2D eigenvalue weighted by Gasteiger charge is 2.07. The fourth-order valence-electron chi connectivity index (χ4n) is 1.60. The summed E-state index contributed by atoms with van der Waals surface area (Å²) in [6.07, 6.45) is 3.69. The Hall–Kier alpha value is -2.41. The van der Waals surface area contributed by atoms with Crippen LogP contribution >= 0.6 is 0 Å². The molecule has 0 N–H and O–H groups in total. The summed E-state index contributed by atoms with van der Waals surface area (Å²) < 4.78 is 5.06. The zero-order valence-corrected chi connectivity index (χ0v) is 9.42. The number of hydrogen-bond acceptors (Lipinski definition) is 4. The molecule has 2 aromatic heterocycles. The fourth-order valence-corrected chi connectivity index (χ4v) is 1.60. The third kappa shape index (κ3) is 2.40. The van der Waals surface area contributed by atoms with Gasteiger partial charge in [-0.2, -0.15) is 5.26 Å². The maximum absolute atomic E-state index is 8.81. The molecule has 0 amide bonds. The largest absolute Gasteiger partial charge is 0.481 e. The highest BCUT2D eigenvalue weighted by Crippen LogP contribution is 2.24. The summed E-state index contributed by atoms with van der Waals surface area (Å²) in [7, 11) is 1.56. The minimum atomic E-state index is 0.259. The van der Waals surface area contributed by atoms with Crippen LogP contribution in [-0.4, -0.2) is 17.1 Å². The average Bonchev–Trinajstić information content (AvgIpc) is 2.40. The van der Waals surface area contributed by atoms with Crippen molar-refractivity contribution in [1.29, 1.82) is 5.26 Å². The van der Waals surface area contributed by atoms with Gasteiger partial charge in [0.15, 0.2) is 0 Å². The van der Waals surface area contributed by atoms with Crippen LogP contribution < -0.4 is 4.74 Å². The molecule has 0 spiro atoms. The molecule has 2 heterocycles. The van der Waals surface area contributed by atoms with Gasteiger partial charge in [0.1, 0.15) is 0 Å². The molecule has 0 bridgehead atoms. The van der Waals surface area contributed by atoms with Crippen molar-refractivity contribution in [2.75, 3.05) is 7.11 Å². The van der Waals surface area contributed by atoms with Crippen LogP contribution in [0.5, 0.6) is 5.88 Å². The van der Waals surface area contributed by atoms with E-state index in [1.807, 2.05) is 18.2 Å². The number of rotatable bonds is 3. The molecular formula is C13H11N3O. The number of pyridine rings is 2. The predicted molar refractivity (Wildman–Crippen MR) is 63.3 cm³/mol. The van der Waals surface area contributed by atoms with E-state index in [2.05, 4.69) is 16.0 Å². The maximum atomic E-state index is 8.81. The SMILES string of the molecule is COc1ccc(-c2ccncc2)c(CC#N)n1. The van der Waals surface area contributed by atoms with Crippen molar-refractivity contribution in [3.63, 3.8) is 0 Å². The van der Waals surface area contributed by atoms with Crippen LogP contribution in [0.4, 0.5) is 0 Å². The number of ether oxygens (including phenoxy) is 1. The van der Waals surface area contributed by atoms with Gasteiger partial charge in [0, 0.05) is 24.0 Å². The summed E-state index contributed by atoms with van der Waals surface area (Å²) in [6.45, 7) is 0. The Morgan fingerprint density at radius 1 is 1.24 bits per heavy atom. The molecular weight excluding hydrogens is 214 g/mol. The van der Waals surface area contributed by atoms with Crippen LogP contribution in [0, 0.1) is 11.3 Å². The highest BCUT2D eigenvalue weighted by atomic mass is 16.5. The summed E-state index contributed by atoms with van der Waals surface area (Å²) in [5.74, 6) is 0.521. The van der Waals surface area contributed by atoms with Crippen LogP contribution in [0.1, 0.15) is 5.69 Å². The molecule has 0 unspecified atom stereocenters. The second-order valence-electron chi connectivity index (χ2n) is 3.42. The monoisotopic (exact) mass is 225 g/mol. The minimum absolute atomic E-state index is 0.259. The number of aromatic nitrogens is 2. The lowest BCUT2D eigenvalue weighted by molar-refractivity contribution is 0.397. The van der Waals surface area contributed by atoms with Gasteiger partial charge in [-0.3, -0.25) is 4.98 Å². The van der Waals surface area contributed by atoms with Crippen molar-refractivity contribution in [2.45, 2.75) is 6.42 Å². The van der Waals surface area contributed by atoms with Gasteiger partial charge in [0.05, 0.1) is 25.3 Å². The van der Waals surface area contributed by atoms with Crippen molar-refractivity contribution < 1.29 is 4.74 Å². The standard InChI is InChI=1S/C13H11N3O/c1-17-13-3-2-11(12(16-13)4-7-14)10-5-8-15-9-6-10/h2-3,5-6,8-9H,4H2,1H3. The predicted octanol–water partition coefficient (Wildman–Crippen LogP) is 2.22. The number of nitrogens with zero attached hydrogens (tertiary/aromatic N) is 3. The van der Waals surface area contributed by atoms with Gasteiger partial charge in [0.2, 0.25) is 5.88 Å². The lowest BCUT2D eigenvalue weighted by Gasteiger charge is -2.07. The van der Waals surface area contributed by atoms with E-state index in [0.29, 0.717) is 5.88 Å². The first-order chi connectivity index (χ1) is 8.35. The summed E-state index contributed by atoms with van der Waals surface area (Å²) >= 11 is 0. The van der Waals surface area contributed by atoms with Gasteiger partial charge in [-0.25, -0.2) is 4.98 Å². The van der Waals surface area contributed by atoms with E-state index in [4.69, 9.17) is 10.00 Å². The van der Waals surface area contributed by atoms with Crippen molar-refractivity contribution in [2.24, 2.45) is 0 Å². The molecule has 0 aliphatic heterocycles. The number of hydrogen-bond donors (Lipinski definition) is 0. The Bertz CT molecular complexity index is 546. The van der Waals surface area contributed by atoms with Crippen molar-refractivity contribution in [3.05, 3.63) is 42.4 Å². The lowest BCUT2D eigenvalue weighted by atomic mass is 10.0. The Kier molecular flexibility index (Phi) is 3.31. The van der Waals surface area contributed by atoms with Gasteiger partial charge in [-0.05, 0) is 23.8 Å². The van der Waals surface area contributed by atoms with E-state index in [9.17, 15) is 0 Å². The van der Waals surface area contributed by atoms with E-state index in [-0.39, 0.29) is 6.42 Å². The first-order valence-electron chi connectivity index (χ1n) is 5.16. The van der Waals surface area contributed by atoms with Crippen LogP contribution in [0.2, 0.25) is 0 Å². The molecule has 2 rings (SSSR count). The Balaban J connectivity index is 2.50. The number of nitriles is 1. The van der Waals surface area contributed by atoms with E-state index < -0.39 is 0 Å². The zero-order chi connectivity index (χ0) is 12.1. The highest BCUT2D eigenvalue weighted by molar-refractivity contribution is 5.66. The summed E-state index contributed by atoms with van der Waals surface area (Å²) in [6, 6.07) is 9.60. The third-order valence-electron chi connectivity index (χ3n) is 2.40. The van der Waals surface area contributed by atoms with Gasteiger partial charge in [-0.1, -0.05) is 0 Å². The second kappa shape index (κ2) is 5.08. The molecule has 4 heteroatoms. The molecule has 0 fully saturated rings. The van der Waals surface area contributed by atoms with Crippen LogP contribution in [0.3, 0.4) is 0 Å². The van der Waals surface area contributed by atoms with Crippen molar-refractivity contribution in [3.8, 4) is 23.1 Å². The molecule has 0 aliphatic rings. The average molecular weight is 225 g/mol. The smallest absolute Gasteiger partial charge is 0.213 e. The van der Waals surface area contributed by atoms with E-state index in [0.717, 1.165) is 16.8 Å². The molecule has 0 saturated heterocycles. The second-order valence-corrected chi connectivity index (χ2v) is 3.42. The molecule has 17 heavy (non-hydrogen) atoms. The van der Waals surface area contributed by atoms with Crippen LogP contribution in [0.15, 0.2) is 36.7 Å². The maximum Gasteiger partial charge on any atom is 0.213 e. The van der Waals surface area contributed by atoms with Gasteiger partial charge in [-0.15, -0.1) is 0 Å². The van der Waals surface area contributed by atoms with Gasteiger partial charge in [0.25, 0.3) is 0 Å². The fraction of sp³-hybridized carbons (Fsp3) is 0.154. The first kappa shape index (κ1) is 11.1. The molecule has 84 valence electrons. The lowest BCUT2D eigenvalue weighted by Crippen LogP contribution is -1.96. The Morgan fingerprint density at radius 2 is 2.00 bits per heavy atom. The molecule has 0 saturated carbocycles. The Labute approximate surface area is 99.5 Å². The van der Waals surface area contributed by atoms with Crippen molar-refractivity contribution in [1.82, 2.24) is 9.97 Å². The summed E-state index contributed by atoms with van der Waals surface area (Å²) in [4.78, 5) is 8.26. The molecule has 0 radical (unpaired) electrons. The number of methoxy groups -OCH3 is 1. The summed E-state index contributed by atoms with van der Waals surface area (Å²) in [5, 5.41) is 8.81. The zero-order valence-electron chi connectivity index (χ0n) is 9.42. The molecule has 4 nitrogen and oxygen atoms in total. The molecule has 2 aromatic rings. The van der Waals surface area contributed by atoms with Crippen LogP contribution in [-0.2, 0) is 6.42 Å². The van der Waals surface area contributed by atoms with Gasteiger partial charge < -0.3 is 4.74 Å².